The number of hydrogen-bond donors (Lipinski definition) is 1. The molecule has 0 spiro atoms. The van der Waals surface area contributed by atoms with Crippen LogP contribution in [-0.4, -0.2) is 67.8 Å². The van der Waals surface area contributed by atoms with Gasteiger partial charge in [-0.05, 0) is 36.4 Å². The first-order valence-electron chi connectivity index (χ1n) is 9.12. The molecule has 1 aliphatic heterocycles. The summed E-state index contributed by atoms with van der Waals surface area (Å²) in [5.41, 5.74) is 1.67. The van der Waals surface area contributed by atoms with Gasteiger partial charge in [-0.2, -0.15) is 0 Å². The molecule has 28 heavy (non-hydrogen) atoms. The van der Waals surface area contributed by atoms with E-state index in [9.17, 15) is 14.4 Å². The van der Waals surface area contributed by atoms with E-state index < -0.39 is 0 Å². The fourth-order valence-corrected chi connectivity index (χ4v) is 3.01. The van der Waals surface area contributed by atoms with Crippen molar-refractivity contribution >= 4 is 29.1 Å². The van der Waals surface area contributed by atoms with Gasteiger partial charge in [-0.15, -0.1) is 0 Å². The van der Waals surface area contributed by atoms with Crippen LogP contribution in [0, 0.1) is 0 Å². The maximum Gasteiger partial charge on any atom is 0.289 e. The van der Waals surface area contributed by atoms with Gasteiger partial charge in [0.05, 0.1) is 6.26 Å². The predicted octanol–water partition coefficient (Wildman–Crippen LogP) is 1.66. The molecule has 0 aliphatic carbocycles. The third-order valence-corrected chi connectivity index (χ3v) is 4.63. The first-order chi connectivity index (χ1) is 13.4. The van der Waals surface area contributed by atoms with Gasteiger partial charge in [0.15, 0.2) is 5.76 Å². The smallest absolute Gasteiger partial charge is 0.289 e. The molecule has 1 aromatic carbocycles. The number of furan rings is 1. The summed E-state index contributed by atoms with van der Waals surface area (Å²) in [5, 5.41) is 2.74. The van der Waals surface area contributed by atoms with Crippen molar-refractivity contribution in [3.05, 3.63) is 48.4 Å². The summed E-state index contributed by atoms with van der Waals surface area (Å²) < 4.78 is 5.13. The lowest BCUT2D eigenvalue weighted by atomic mass is 10.2. The lowest BCUT2D eigenvalue weighted by Crippen LogP contribution is -2.51. The summed E-state index contributed by atoms with van der Waals surface area (Å²) in [6.07, 6.45) is 1.24. The molecule has 8 nitrogen and oxygen atoms in total. The molecule has 8 heteroatoms. The van der Waals surface area contributed by atoms with Gasteiger partial charge in [0.25, 0.3) is 5.91 Å². The molecule has 148 valence electrons. The molecule has 0 radical (unpaired) electrons. The average Bonchev–Trinajstić information content (AvgIpc) is 3.22. The number of nitrogens with zero attached hydrogens (tertiary/aromatic N) is 3. The molecule has 1 aliphatic rings. The summed E-state index contributed by atoms with van der Waals surface area (Å²) in [7, 11) is 3.88. The molecule has 3 rings (SSSR count). The number of rotatable bonds is 5. The Balaban J connectivity index is 1.46. The topological polar surface area (TPSA) is 86.1 Å². The number of hydrogen-bond acceptors (Lipinski definition) is 5. The number of piperazine rings is 1. The van der Waals surface area contributed by atoms with E-state index in [0.29, 0.717) is 37.6 Å². The van der Waals surface area contributed by atoms with Crippen LogP contribution in [0.15, 0.2) is 47.1 Å². The van der Waals surface area contributed by atoms with Gasteiger partial charge in [-0.1, -0.05) is 0 Å². The first-order valence-corrected chi connectivity index (χ1v) is 9.12. The Bertz CT molecular complexity index is 822. The summed E-state index contributed by atoms with van der Waals surface area (Å²) in [6, 6.07) is 10.7. The van der Waals surface area contributed by atoms with Gasteiger partial charge >= 0.3 is 0 Å². The van der Waals surface area contributed by atoms with Crippen molar-refractivity contribution in [2.75, 3.05) is 50.5 Å². The monoisotopic (exact) mass is 384 g/mol. The quantitative estimate of drug-likeness (QED) is 0.793. The number of anilines is 2. The predicted molar refractivity (Wildman–Crippen MR) is 105 cm³/mol. The highest BCUT2D eigenvalue weighted by Gasteiger charge is 2.26. The molecule has 1 aromatic heterocycles. The Hall–Kier alpha value is -3.29. The normalized spacial score (nSPS) is 13.9. The van der Waals surface area contributed by atoms with Gasteiger partial charge in [0, 0.05) is 51.6 Å². The molecule has 3 amide bonds. The summed E-state index contributed by atoms with van der Waals surface area (Å²) in [4.78, 5) is 42.0. The zero-order valence-electron chi connectivity index (χ0n) is 16.1. The van der Waals surface area contributed by atoms with Crippen molar-refractivity contribution < 1.29 is 18.8 Å². The summed E-state index contributed by atoms with van der Waals surface area (Å²) >= 11 is 0. The molecule has 1 N–H and O–H groups in total. The van der Waals surface area contributed by atoms with E-state index in [-0.39, 0.29) is 24.1 Å². The van der Waals surface area contributed by atoms with E-state index in [1.165, 1.54) is 6.26 Å². The van der Waals surface area contributed by atoms with E-state index in [1.807, 2.05) is 31.1 Å². The van der Waals surface area contributed by atoms with Crippen molar-refractivity contribution in [3.63, 3.8) is 0 Å². The maximum atomic E-state index is 12.4. The number of carbonyl (C=O) groups excluding carboxylic acids is 3. The van der Waals surface area contributed by atoms with Crippen LogP contribution in [-0.2, 0) is 9.59 Å². The second-order valence-electron chi connectivity index (χ2n) is 6.82. The van der Waals surface area contributed by atoms with Crippen LogP contribution in [0.5, 0.6) is 0 Å². The van der Waals surface area contributed by atoms with Crippen LogP contribution >= 0.6 is 0 Å². The second kappa shape index (κ2) is 8.60. The molecule has 1 fully saturated rings. The van der Waals surface area contributed by atoms with Crippen molar-refractivity contribution in [2.45, 2.75) is 6.42 Å². The van der Waals surface area contributed by atoms with Crippen molar-refractivity contribution in [1.82, 2.24) is 9.80 Å². The molecule has 2 aromatic rings. The summed E-state index contributed by atoms with van der Waals surface area (Å²) in [5.74, 6) is -0.486. The Morgan fingerprint density at radius 2 is 1.64 bits per heavy atom. The van der Waals surface area contributed by atoms with Crippen LogP contribution in [0.3, 0.4) is 0 Å². The van der Waals surface area contributed by atoms with Gasteiger partial charge in [-0.25, -0.2) is 0 Å². The highest BCUT2D eigenvalue weighted by atomic mass is 16.3. The van der Waals surface area contributed by atoms with Crippen LogP contribution in [0.4, 0.5) is 11.4 Å². The van der Waals surface area contributed by atoms with Crippen LogP contribution in [0.1, 0.15) is 17.0 Å². The van der Waals surface area contributed by atoms with E-state index >= 15 is 0 Å². The van der Waals surface area contributed by atoms with Crippen molar-refractivity contribution in [1.29, 1.82) is 0 Å². The average molecular weight is 384 g/mol. The zero-order chi connectivity index (χ0) is 20.1. The van der Waals surface area contributed by atoms with Gasteiger partial charge in [-0.3, -0.25) is 14.4 Å². The first kappa shape index (κ1) is 19.5. The number of benzene rings is 1. The standard InChI is InChI=1S/C20H24N4O4/c1-22(2)16-7-5-15(6-8-16)21-18(25)14-19(26)23-9-11-24(12-10-23)20(27)17-4-3-13-28-17/h3-8,13H,9-12,14H2,1-2H3,(H,21,25). The minimum Gasteiger partial charge on any atom is -0.459 e. The van der Waals surface area contributed by atoms with E-state index in [4.69, 9.17) is 4.42 Å². The van der Waals surface area contributed by atoms with E-state index in [0.717, 1.165) is 5.69 Å². The number of amides is 3. The lowest BCUT2D eigenvalue weighted by molar-refractivity contribution is -0.135. The Morgan fingerprint density at radius 3 is 2.21 bits per heavy atom. The van der Waals surface area contributed by atoms with Gasteiger partial charge < -0.3 is 24.4 Å². The van der Waals surface area contributed by atoms with Crippen LogP contribution < -0.4 is 10.2 Å². The largest absolute Gasteiger partial charge is 0.459 e. The third-order valence-electron chi connectivity index (χ3n) is 4.63. The Kier molecular flexibility index (Phi) is 5.98. The molecule has 0 unspecified atom stereocenters. The molecule has 2 heterocycles. The van der Waals surface area contributed by atoms with Crippen LogP contribution in [0.2, 0.25) is 0 Å². The number of carbonyl (C=O) groups is 3. The maximum absolute atomic E-state index is 12.4. The molecule has 0 bridgehead atoms. The van der Waals surface area contributed by atoms with Crippen LogP contribution in [0.25, 0.3) is 0 Å². The SMILES string of the molecule is CN(C)c1ccc(NC(=O)CC(=O)N2CCN(C(=O)c3ccco3)CC2)cc1. The lowest BCUT2D eigenvalue weighted by Gasteiger charge is -2.34. The van der Waals surface area contributed by atoms with Gasteiger partial charge in [0.2, 0.25) is 11.8 Å². The number of nitrogens with one attached hydrogen (secondary N) is 1. The van der Waals surface area contributed by atoms with Crippen molar-refractivity contribution in [3.8, 4) is 0 Å². The minimum absolute atomic E-state index is 0.184. The van der Waals surface area contributed by atoms with Gasteiger partial charge in [0.1, 0.15) is 6.42 Å². The molecular formula is C20H24N4O4. The molecule has 0 saturated carbocycles. The third kappa shape index (κ3) is 4.70. The van der Waals surface area contributed by atoms with E-state index in [2.05, 4.69) is 5.32 Å². The molecule has 0 atom stereocenters. The minimum atomic E-state index is -0.350. The highest BCUT2D eigenvalue weighted by molar-refractivity contribution is 6.03. The second-order valence-corrected chi connectivity index (χ2v) is 6.82. The zero-order valence-corrected chi connectivity index (χ0v) is 16.1. The Labute approximate surface area is 163 Å². The summed E-state index contributed by atoms with van der Waals surface area (Å²) in [6.45, 7) is 1.63. The molecule has 1 saturated heterocycles. The van der Waals surface area contributed by atoms with Crippen molar-refractivity contribution in [2.24, 2.45) is 0 Å². The fourth-order valence-electron chi connectivity index (χ4n) is 3.01. The highest BCUT2D eigenvalue weighted by Crippen LogP contribution is 2.16. The fraction of sp³-hybridized carbons (Fsp3) is 0.350. The van der Waals surface area contributed by atoms with E-state index in [1.54, 1.807) is 34.1 Å². The molecular weight excluding hydrogens is 360 g/mol. The Morgan fingerprint density at radius 1 is 1.00 bits per heavy atom.